The van der Waals surface area contributed by atoms with E-state index in [0.29, 0.717) is 58.7 Å². The lowest BCUT2D eigenvalue weighted by Crippen LogP contribution is -2.24. The molecule has 0 saturated carbocycles. The number of carbonyl (C=O) groups excluding carboxylic acids is 1. The van der Waals surface area contributed by atoms with Crippen molar-refractivity contribution in [3.8, 4) is 16.9 Å². The number of carbonyl (C=O) groups is 2. The highest BCUT2D eigenvalue weighted by Crippen LogP contribution is 2.42. The summed E-state index contributed by atoms with van der Waals surface area (Å²) >= 11 is 0. The van der Waals surface area contributed by atoms with Crippen LogP contribution in [0.4, 0.5) is 10.1 Å². The zero-order chi connectivity index (χ0) is 28.7. The van der Waals surface area contributed by atoms with Gasteiger partial charge in [0.1, 0.15) is 11.3 Å². The molecule has 4 aromatic rings. The molecule has 0 radical (unpaired) electrons. The van der Waals surface area contributed by atoms with Gasteiger partial charge in [-0.1, -0.05) is 12.1 Å². The SMILES string of the molecule is Cc1nc2c(cc(C(=O)NCc3ccc(N(C)C)cc3)n2C)c(-c2cc(F)c3c(c2C)CCCO3)c1CC(=O)O. The summed E-state index contributed by atoms with van der Waals surface area (Å²) in [5.74, 6) is -1.52. The van der Waals surface area contributed by atoms with Gasteiger partial charge in [-0.05, 0) is 78.8 Å². The number of nitrogens with one attached hydrogen (secondary N) is 1. The zero-order valence-electron chi connectivity index (χ0n) is 23.4. The summed E-state index contributed by atoms with van der Waals surface area (Å²) in [7, 11) is 5.69. The summed E-state index contributed by atoms with van der Waals surface area (Å²) in [6.07, 6.45) is 1.17. The van der Waals surface area contributed by atoms with Crippen molar-refractivity contribution in [3.05, 3.63) is 75.9 Å². The number of carboxylic acid groups (broad SMARTS) is 1. The van der Waals surface area contributed by atoms with E-state index in [1.807, 2.05) is 50.2 Å². The lowest BCUT2D eigenvalue weighted by molar-refractivity contribution is -0.136. The summed E-state index contributed by atoms with van der Waals surface area (Å²) < 4.78 is 22.6. The molecule has 0 spiro atoms. The number of amides is 1. The first-order valence-electron chi connectivity index (χ1n) is 13.3. The molecule has 8 nitrogen and oxygen atoms in total. The van der Waals surface area contributed by atoms with E-state index in [1.165, 1.54) is 6.07 Å². The van der Waals surface area contributed by atoms with Crippen LogP contribution in [0.5, 0.6) is 5.75 Å². The van der Waals surface area contributed by atoms with Crippen molar-refractivity contribution in [3.63, 3.8) is 0 Å². The molecule has 1 aliphatic heterocycles. The van der Waals surface area contributed by atoms with Gasteiger partial charge < -0.3 is 24.6 Å². The van der Waals surface area contributed by atoms with E-state index in [9.17, 15) is 14.7 Å². The lowest BCUT2D eigenvalue weighted by Gasteiger charge is -2.23. The highest BCUT2D eigenvalue weighted by atomic mass is 19.1. The van der Waals surface area contributed by atoms with Crippen molar-refractivity contribution in [2.45, 2.75) is 39.7 Å². The van der Waals surface area contributed by atoms with Gasteiger partial charge in [0.25, 0.3) is 5.91 Å². The van der Waals surface area contributed by atoms with E-state index < -0.39 is 11.8 Å². The van der Waals surface area contributed by atoms with Gasteiger partial charge >= 0.3 is 5.97 Å². The molecule has 1 aliphatic rings. The van der Waals surface area contributed by atoms with E-state index in [1.54, 1.807) is 24.6 Å². The molecule has 0 bridgehead atoms. The minimum atomic E-state index is -1.01. The van der Waals surface area contributed by atoms with Gasteiger partial charge in [-0.25, -0.2) is 9.37 Å². The second kappa shape index (κ2) is 10.6. The number of halogens is 1. The van der Waals surface area contributed by atoms with Crippen LogP contribution in [0.3, 0.4) is 0 Å². The molecule has 0 saturated heterocycles. The predicted molar refractivity (Wildman–Crippen MR) is 153 cm³/mol. The number of ether oxygens (including phenoxy) is 1. The van der Waals surface area contributed by atoms with Crippen LogP contribution in [-0.4, -0.2) is 47.2 Å². The number of rotatable bonds is 7. The fourth-order valence-electron chi connectivity index (χ4n) is 5.48. The van der Waals surface area contributed by atoms with Gasteiger partial charge in [0.2, 0.25) is 0 Å². The van der Waals surface area contributed by atoms with Crippen molar-refractivity contribution in [1.29, 1.82) is 0 Å². The monoisotopic (exact) mass is 544 g/mol. The average Bonchev–Trinajstić information content (AvgIpc) is 3.25. The Bertz CT molecular complexity index is 1640. The van der Waals surface area contributed by atoms with E-state index in [2.05, 4.69) is 5.32 Å². The Kier molecular flexibility index (Phi) is 7.23. The number of carboxylic acids is 1. The standard InChI is InChI=1S/C31H33FN4O4/c1-17-21-7-6-12-40-29(21)25(32)13-22(17)28-23(15-27(37)38)18(2)34-30-24(28)14-26(36(30)5)31(39)33-16-19-8-10-20(11-9-19)35(3)4/h8-11,13-14H,6-7,12,15-16H2,1-5H3,(H,33,39)(H,37,38). The van der Waals surface area contributed by atoms with Crippen LogP contribution in [-0.2, 0) is 31.2 Å². The summed E-state index contributed by atoms with van der Waals surface area (Å²) in [6, 6.07) is 11.1. The molecule has 0 fully saturated rings. The van der Waals surface area contributed by atoms with Crippen LogP contribution in [0.1, 0.15) is 44.9 Å². The molecule has 1 amide bonds. The maximum absolute atomic E-state index is 15.3. The average molecular weight is 545 g/mol. The third kappa shape index (κ3) is 4.87. The fourth-order valence-corrected chi connectivity index (χ4v) is 5.48. The minimum Gasteiger partial charge on any atom is -0.490 e. The number of aryl methyl sites for hydroxylation is 2. The van der Waals surface area contributed by atoms with Gasteiger partial charge in [-0.15, -0.1) is 0 Å². The fraction of sp³-hybridized carbons (Fsp3) is 0.323. The van der Waals surface area contributed by atoms with Gasteiger partial charge in [0.15, 0.2) is 11.6 Å². The zero-order valence-corrected chi connectivity index (χ0v) is 23.4. The van der Waals surface area contributed by atoms with Crippen LogP contribution in [0.25, 0.3) is 22.2 Å². The minimum absolute atomic E-state index is 0.265. The van der Waals surface area contributed by atoms with Crippen LogP contribution in [0.2, 0.25) is 0 Å². The number of hydrogen-bond acceptors (Lipinski definition) is 5. The second-order valence-electron chi connectivity index (χ2n) is 10.5. The number of aromatic nitrogens is 2. The van der Waals surface area contributed by atoms with Crippen molar-refractivity contribution < 1.29 is 23.8 Å². The summed E-state index contributed by atoms with van der Waals surface area (Å²) in [5, 5.41) is 13.3. The third-order valence-electron chi connectivity index (χ3n) is 7.65. The first kappa shape index (κ1) is 27.2. The Labute approximate surface area is 232 Å². The molecule has 2 aromatic carbocycles. The summed E-state index contributed by atoms with van der Waals surface area (Å²) in [6.45, 7) is 4.46. The topological polar surface area (TPSA) is 96.7 Å². The number of fused-ring (bicyclic) bond motifs is 2. The van der Waals surface area contributed by atoms with Gasteiger partial charge in [0.05, 0.1) is 13.0 Å². The van der Waals surface area contributed by atoms with Crippen LogP contribution < -0.4 is 15.0 Å². The summed E-state index contributed by atoms with van der Waals surface area (Å²) in [4.78, 5) is 31.9. The highest BCUT2D eigenvalue weighted by Gasteiger charge is 2.27. The Morgan fingerprint density at radius 1 is 1.18 bits per heavy atom. The third-order valence-corrected chi connectivity index (χ3v) is 7.65. The summed E-state index contributed by atoms with van der Waals surface area (Å²) in [5.41, 5.74) is 6.75. The molecule has 5 rings (SSSR count). The quantitative estimate of drug-likeness (QED) is 0.342. The van der Waals surface area contributed by atoms with Crippen molar-refractivity contribution in [2.24, 2.45) is 7.05 Å². The number of aliphatic carboxylic acids is 1. The molecule has 0 aliphatic carbocycles. The van der Waals surface area contributed by atoms with Gasteiger partial charge in [-0.2, -0.15) is 0 Å². The number of benzene rings is 2. The predicted octanol–water partition coefficient (Wildman–Crippen LogP) is 4.94. The number of hydrogen-bond donors (Lipinski definition) is 2. The van der Waals surface area contributed by atoms with Crippen LogP contribution in [0, 0.1) is 19.7 Å². The number of pyridine rings is 1. The maximum Gasteiger partial charge on any atom is 0.307 e. The van der Waals surface area contributed by atoms with Gasteiger partial charge in [-0.3, -0.25) is 9.59 Å². The first-order chi connectivity index (χ1) is 19.1. The first-order valence-corrected chi connectivity index (χ1v) is 13.3. The molecule has 9 heteroatoms. The Morgan fingerprint density at radius 2 is 1.90 bits per heavy atom. The number of anilines is 1. The molecule has 2 aromatic heterocycles. The van der Waals surface area contributed by atoms with Crippen molar-refractivity contribution >= 4 is 28.6 Å². The van der Waals surface area contributed by atoms with Crippen molar-refractivity contribution in [2.75, 3.05) is 25.6 Å². The molecular formula is C31H33FN4O4. The van der Waals surface area contributed by atoms with E-state index in [0.717, 1.165) is 28.8 Å². The van der Waals surface area contributed by atoms with Crippen molar-refractivity contribution in [1.82, 2.24) is 14.9 Å². The normalized spacial score (nSPS) is 12.7. The second-order valence-corrected chi connectivity index (χ2v) is 10.5. The Morgan fingerprint density at radius 3 is 2.58 bits per heavy atom. The molecule has 0 atom stereocenters. The molecule has 40 heavy (non-hydrogen) atoms. The Balaban J connectivity index is 1.61. The van der Waals surface area contributed by atoms with Crippen LogP contribution >= 0.6 is 0 Å². The van der Waals surface area contributed by atoms with E-state index >= 15 is 4.39 Å². The van der Waals surface area contributed by atoms with Crippen LogP contribution in [0.15, 0.2) is 36.4 Å². The Hall–Kier alpha value is -4.40. The number of nitrogens with zero attached hydrogens (tertiary/aromatic N) is 3. The maximum atomic E-state index is 15.3. The smallest absolute Gasteiger partial charge is 0.307 e. The van der Waals surface area contributed by atoms with E-state index in [-0.39, 0.29) is 18.1 Å². The largest absolute Gasteiger partial charge is 0.490 e. The molecule has 208 valence electrons. The molecule has 3 heterocycles. The lowest BCUT2D eigenvalue weighted by atomic mass is 9.87. The molecular weight excluding hydrogens is 511 g/mol. The van der Waals surface area contributed by atoms with E-state index in [4.69, 9.17) is 9.72 Å². The highest BCUT2D eigenvalue weighted by molar-refractivity contribution is 6.04. The molecule has 2 N–H and O–H groups in total. The molecule has 0 unspecified atom stereocenters. The van der Waals surface area contributed by atoms with Gasteiger partial charge in [0, 0.05) is 50.0 Å².